The Kier molecular flexibility index (Phi) is 88.5. The summed E-state index contributed by atoms with van der Waals surface area (Å²) in [7, 11) is -0.972. The van der Waals surface area contributed by atoms with Crippen molar-refractivity contribution < 1.29 is 104 Å². The Morgan fingerprint density at radius 1 is 0.441 bits per heavy atom. The summed E-state index contributed by atoms with van der Waals surface area (Å²) in [5.41, 5.74) is 0.882. The van der Waals surface area contributed by atoms with Crippen molar-refractivity contribution >= 4 is 66.5 Å². The summed E-state index contributed by atoms with van der Waals surface area (Å²) in [5.74, 6) is 0. The maximum Gasteiger partial charge on any atom is 1.00 e. The van der Waals surface area contributed by atoms with Gasteiger partial charge in [-0.25, -0.2) is 0 Å². The molecule has 0 bridgehead atoms. The second kappa shape index (κ2) is 69.2. The number of ether oxygens (including phenoxy) is 11. The van der Waals surface area contributed by atoms with Crippen molar-refractivity contribution in [1.82, 2.24) is 4.90 Å². The van der Waals surface area contributed by atoms with Gasteiger partial charge in [-0.15, -0.1) is 11.6 Å². The van der Waals surface area contributed by atoms with Crippen molar-refractivity contribution in [2.75, 3.05) is 202 Å². The SMILES string of the molecule is C.C.CN(C)CCOCCOCCOC[Si](C)(C)C.C[Si](C)(C)CCl.C[Si](C)(C)COCCOCCOCCI.C[Si](C)(C)COCCOCCOCCO.OCCOCCOCCO.[2H]CF.[H-].[Na+]. The first kappa shape index (κ1) is 86.9. The summed E-state index contributed by atoms with van der Waals surface area (Å²) in [6.07, 6.45) is 2.72. The summed E-state index contributed by atoms with van der Waals surface area (Å²) in [4.78, 5) is 2.10. The molecule has 3 N–H and O–H groups in total. The van der Waals surface area contributed by atoms with Gasteiger partial charge in [-0.3, -0.25) is 4.39 Å². The van der Waals surface area contributed by atoms with Crippen LogP contribution in [-0.2, 0) is 52.1 Å². The third-order valence-electron chi connectivity index (χ3n) is 6.22. The Balaban J connectivity index is -0.0000000802. The Labute approximate surface area is 467 Å². The van der Waals surface area contributed by atoms with E-state index in [9.17, 15) is 4.39 Å². The molecule has 0 atom stereocenters. The fourth-order valence-electron chi connectivity index (χ4n) is 3.27. The van der Waals surface area contributed by atoms with Gasteiger partial charge in [0.25, 0.3) is 0 Å². The molecule has 0 unspecified atom stereocenters. The zero-order valence-corrected chi connectivity index (χ0v) is 53.8. The molecule has 0 saturated heterocycles. The van der Waals surface area contributed by atoms with E-state index in [0.29, 0.717) is 112 Å². The van der Waals surface area contributed by atoms with Gasteiger partial charge in [0.2, 0.25) is 0 Å². The van der Waals surface area contributed by atoms with E-state index in [-0.39, 0.29) is 65.7 Å². The predicted molar refractivity (Wildman–Crippen MR) is 303 cm³/mol. The number of aliphatic hydroxyl groups excluding tert-OH is 3. The van der Waals surface area contributed by atoms with E-state index in [1.807, 2.05) is 14.1 Å². The summed E-state index contributed by atoms with van der Waals surface area (Å²) in [6, 6.07) is 0. The number of likely N-dealkylation sites (N-methyl/N-ethyl adjacent to an activating group) is 1. The van der Waals surface area contributed by atoms with Crippen molar-refractivity contribution in [3.63, 3.8) is 0 Å². The fraction of sp³-hybridized carbons (Fsp3) is 1.00. The van der Waals surface area contributed by atoms with E-state index in [1.54, 1.807) is 0 Å². The molecule has 0 saturated carbocycles. The molecule has 0 heterocycles. The minimum atomic E-state index is -1.07. The molecule has 0 aromatic carbocycles. The number of hydrogen-bond acceptors (Lipinski definition) is 15. The van der Waals surface area contributed by atoms with E-state index in [2.05, 4.69) is 106 Å². The van der Waals surface area contributed by atoms with Crippen molar-refractivity contribution in [2.24, 2.45) is 0 Å². The van der Waals surface area contributed by atoms with Gasteiger partial charge in [-0.1, -0.05) is 116 Å². The van der Waals surface area contributed by atoms with E-state index in [0.717, 1.165) is 48.4 Å². The molecule has 0 aliphatic carbocycles. The van der Waals surface area contributed by atoms with E-state index in [1.165, 1.54) is 0 Å². The van der Waals surface area contributed by atoms with Crippen LogP contribution in [0.5, 0.6) is 0 Å². The van der Waals surface area contributed by atoms with Crippen molar-refractivity contribution in [3.8, 4) is 0 Å². The molecule has 0 aliphatic heterocycles. The molecule has 15 nitrogen and oxygen atoms in total. The Bertz CT molecular complexity index is 851. The monoisotopic (exact) mass is 1210 g/mol. The van der Waals surface area contributed by atoms with Crippen LogP contribution in [0, 0.1) is 0 Å². The van der Waals surface area contributed by atoms with Crippen LogP contribution in [0.3, 0.4) is 0 Å². The first-order valence-electron chi connectivity index (χ1n) is 23.4. The number of rotatable bonds is 39. The number of hydrogen-bond donors (Lipinski definition) is 3. The smallest absolute Gasteiger partial charge is 1.00 e. The molecular weight excluding hydrogens is 1100 g/mol. The molecule has 0 aromatic rings. The molecule has 0 aliphatic rings. The second-order valence-corrected chi connectivity index (χ2v) is 42.6. The molecule has 0 spiro atoms. The van der Waals surface area contributed by atoms with Gasteiger partial charge in [0.05, 0.1) is 186 Å². The van der Waals surface area contributed by atoms with Crippen LogP contribution < -0.4 is 29.6 Å². The van der Waals surface area contributed by atoms with Crippen LogP contribution in [-0.4, -0.2) is 254 Å². The van der Waals surface area contributed by atoms with Crippen LogP contribution >= 0.6 is 34.2 Å². The van der Waals surface area contributed by atoms with E-state index >= 15 is 0 Å². The van der Waals surface area contributed by atoms with E-state index < -0.39 is 39.4 Å². The van der Waals surface area contributed by atoms with Gasteiger partial charge in [-0.05, 0) is 14.1 Å². The zero-order chi connectivity index (χ0) is 51.9. The number of alkyl halides is 3. The maximum absolute atomic E-state index is 9.96. The van der Waals surface area contributed by atoms with Crippen LogP contribution in [0.2, 0.25) is 78.6 Å². The number of aliphatic hydroxyl groups is 3. The molecule has 23 heteroatoms. The number of nitrogens with zero attached hydrogens (tertiary/aromatic N) is 1. The molecule has 68 heavy (non-hydrogen) atoms. The maximum atomic E-state index is 9.96. The average molecular weight is 1210 g/mol. The molecule has 0 fully saturated rings. The third-order valence-corrected chi connectivity index (χ3v) is 13.1. The van der Waals surface area contributed by atoms with Gasteiger partial charge < -0.3 is 73.8 Å². The minimum Gasteiger partial charge on any atom is -1.00 e. The van der Waals surface area contributed by atoms with Crippen molar-refractivity contribution in [1.29, 1.82) is 0 Å². The first-order valence-corrected chi connectivity index (χ1v) is 39.6. The van der Waals surface area contributed by atoms with Crippen molar-refractivity contribution in [2.45, 2.75) is 93.4 Å². The van der Waals surface area contributed by atoms with Gasteiger partial charge in [0.1, 0.15) is 0 Å². The molecular formula is C45H113ClFINNaO14Si4. The van der Waals surface area contributed by atoms with Crippen LogP contribution in [0.25, 0.3) is 0 Å². The summed E-state index contributed by atoms with van der Waals surface area (Å²) < 4.78 is 74.6. The van der Waals surface area contributed by atoms with Crippen LogP contribution in [0.1, 0.15) is 17.7 Å². The quantitative estimate of drug-likeness (QED) is 0.0332. The Morgan fingerprint density at radius 3 is 0.809 bits per heavy atom. The molecule has 0 rings (SSSR count). The van der Waals surface area contributed by atoms with Crippen LogP contribution in [0.15, 0.2) is 0 Å². The number of halogens is 3. The second-order valence-electron chi connectivity index (χ2n) is 19.1. The molecule has 0 radical (unpaired) electrons. The van der Waals surface area contributed by atoms with Crippen molar-refractivity contribution in [3.05, 3.63) is 0 Å². The summed E-state index contributed by atoms with van der Waals surface area (Å²) in [6.45, 7) is 39.9. The summed E-state index contributed by atoms with van der Waals surface area (Å²) in [5, 5.41) is 25.0. The Morgan fingerprint density at radius 2 is 0.632 bits per heavy atom. The topological polar surface area (TPSA) is 165 Å². The third kappa shape index (κ3) is 122. The Hall–Kier alpha value is 2.22. The normalized spacial score (nSPS) is 11.2. The average Bonchev–Trinajstić information content (AvgIpc) is 3.21. The molecule has 0 amide bonds. The molecule has 0 aromatic heterocycles. The van der Waals surface area contributed by atoms with Gasteiger partial charge >= 0.3 is 29.6 Å². The predicted octanol–water partition coefficient (Wildman–Crippen LogP) is 4.81. The standard InChI is InChI=1S/C12H29NO3Si.C10H23IO3Si.C10H24O4Si.C6H14O4.C4H11ClSi.CH3F.2CH4.Na.H/c1-13(2)6-7-14-8-9-15-10-11-16-12-17(3,4)5;2*1-15(2,3)10-14-9-8-13-7-6-12-5-4-11;7-1-3-9-5-6-10-4-2-8;1-6(2,3)4-5;1-2;;;;/h6-12H2,1-5H3;4-10H2,1-3H3;11H,4-10H2,1-3H3;7-8H,1-6H2;4H2,1-3H3;1H3;2*1H4;;/q;;;;;;;;+1;-1/i;;;;;1D;;;;. The largest absolute Gasteiger partial charge is 1.00 e. The van der Waals surface area contributed by atoms with Gasteiger partial charge in [0.15, 0.2) is 0 Å². The fourth-order valence-corrected chi connectivity index (χ4v) is 5.85. The zero-order valence-electron chi connectivity index (χ0n) is 46.9. The van der Waals surface area contributed by atoms with E-state index in [4.69, 9.17) is 80.4 Å². The minimum absolute atomic E-state index is 0. The van der Waals surface area contributed by atoms with Crippen LogP contribution in [0.4, 0.5) is 4.39 Å². The summed E-state index contributed by atoms with van der Waals surface area (Å²) >= 11 is 7.83. The van der Waals surface area contributed by atoms with Gasteiger partial charge in [-0.2, -0.15) is 0 Å². The van der Waals surface area contributed by atoms with Gasteiger partial charge in [0, 0.05) is 35.2 Å². The molecule has 420 valence electrons. The first-order chi connectivity index (χ1) is 30.9.